The highest BCUT2D eigenvalue weighted by atomic mass is 32.2. The van der Waals surface area contributed by atoms with Crippen LogP contribution in [0.5, 0.6) is 0 Å². The molecule has 0 radical (unpaired) electrons. The van der Waals surface area contributed by atoms with Crippen LogP contribution in [-0.2, 0) is 15.6 Å². The maximum absolute atomic E-state index is 12.5. The van der Waals surface area contributed by atoms with Gasteiger partial charge in [-0.05, 0) is 60.7 Å². The van der Waals surface area contributed by atoms with Crippen molar-refractivity contribution in [1.29, 1.82) is 0 Å². The highest BCUT2D eigenvalue weighted by molar-refractivity contribution is 7.98. The van der Waals surface area contributed by atoms with Crippen LogP contribution in [0.1, 0.15) is 34.5 Å². The Kier molecular flexibility index (Phi) is 6.77. The fraction of sp³-hybridized carbons (Fsp3) is 0.174. The number of carbonyl (C=O) groups is 1. The molecule has 3 aromatic carbocycles. The minimum Gasteiger partial charge on any atom is -0.346 e. The molecule has 0 heterocycles. The van der Waals surface area contributed by atoms with Gasteiger partial charge in [-0.15, -0.1) is 11.8 Å². The molecule has 0 saturated heterocycles. The van der Waals surface area contributed by atoms with Crippen LogP contribution in [0.2, 0.25) is 0 Å². The normalized spacial score (nSPS) is 12.3. The molecule has 0 aliphatic carbocycles. The number of benzene rings is 3. The lowest BCUT2D eigenvalue weighted by molar-refractivity contribution is 0.0940. The third-order valence-electron chi connectivity index (χ3n) is 4.64. The standard InChI is InChI=1S/C23H23NO3S2/c1-17(19-12-14-21(28-2)15-13-19)24-23(25)20-10-8-18(9-11-20)16-29(26,27)22-6-4-3-5-7-22/h3-15,17H,16H2,1-2H3,(H,24,25)/t17-/m1/s1. The first-order chi connectivity index (χ1) is 13.9. The third kappa shape index (κ3) is 5.49. The minimum absolute atomic E-state index is 0.100. The summed E-state index contributed by atoms with van der Waals surface area (Å²) in [5.74, 6) is -0.291. The van der Waals surface area contributed by atoms with Crippen molar-refractivity contribution in [2.24, 2.45) is 0 Å². The summed E-state index contributed by atoms with van der Waals surface area (Å²) in [5, 5.41) is 2.98. The highest BCUT2D eigenvalue weighted by Crippen LogP contribution is 2.20. The van der Waals surface area contributed by atoms with Crippen molar-refractivity contribution in [3.05, 3.63) is 95.6 Å². The van der Waals surface area contributed by atoms with Crippen LogP contribution >= 0.6 is 11.8 Å². The molecule has 6 heteroatoms. The summed E-state index contributed by atoms with van der Waals surface area (Å²) in [6, 6.07) is 23.0. The molecule has 29 heavy (non-hydrogen) atoms. The van der Waals surface area contributed by atoms with Gasteiger partial charge in [0.2, 0.25) is 0 Å². The van der Waals surface area contributed by atoms with Crippen LogP contribution < -0.4 is 5.32 Å². The molecule has 4 nitrogen and oxygen atoms in total. The van der Waals surface area contributed by atoms with Gasteiger partial charge in [-0.1, -0.05) is 42.5 Å². The Labute approximate surface area is 176 Å². The van der Waals surface area contributed by atoms with E-state index < -0.39 is 9.84 Å². The second-order valence-electron chi connectivity index (χ2n) is 6.74. The largest absolute Gasteiger partial charge is 0.346 e. The number of carbonyl (C=O) groups excluding carboxylic acids is 1. The molecule has 0 spiro atoms. The van der Waals surface area contributed by atoms with E-state index >= 15 is 0 Å². The number of hydrogen-bond donors (Lipinski definition) is 1. The summed E-state index contributed by atoms with van der Waals surface area (Å²) in [6.45, 7) is 1.94. The zero-order chi connectivity index (χ0) is 20.9. The molecule has 0 aliphatic rings. The molecular formula is C23H23NO3S2. The Morgan fingerprint density at radius 1 is 0.931 bits per heavy atom. The SMILES string of the molecule is CSc1ccc([C@@H](C)NC(=O)c2ccc(CS(=O)(=O)c3ccccc3)cc2)cc1. The van der Waals surface area contributed by atoms with E-state index in [0.717, 1.165) is 5.56 Å². The van der Waals surface area contributed by atoms with Gasteiger partial charge in [0.1, 0.15) is 0 Å². The third-order valence-corrected chi connectivity index (χ3v) is 7.09. The summed E-state index contributed by atoms with van der Waals surface area (Å²) in [4.78, 5) is 14.0. The fourth-order valence-corrected chi connectivity index (χ4v) is 4.72. The monoisotopic (exact) mass is 425 g/mol. The summed E-state index contributed by atoms with van der Waals surface area (Å²) in [6.07, 6.45) is 2.02. The van der Waals surface area contributed by atoms with Gasteiger partial charge in [0, 0.05) is 10.5 Å². The summed E-state index contributed by atoms with van der Waals surface area (Å²) in [5.41, 5.74) is 2.17. The van der Waals surface area contributed by atoms with Gasteiger partial charge in [0.25, 0.3) is 5.91 Å². The number of amides is 1. The van der Waals surface area contributed by atoms with Crippen molar-refractivity contribution < 1.29 is 13.2 Å². The average molecular weight is 426 g/mol. The van der Waals surface area contributed by atoms with Crippen molar-refractivity contribution in [2.75, 3.05) is 6.26 Å². The van der Waals surface area contributed by atoms with E-state index in [4.69, 9.17) is 0 Å². The van der Waals surface area contributed by atoms with Crippen molar-refractivity contribution in [3.8, 4) is 0 Å². The Morgan fingerprint density at radius 3 is 2.14 bits per heavy atom. The minimum atomic E-state index is -3.41. The van der Waals surface area contributed by atoms with E-state index in [1.807, 2.05) is 37.4 Å². The lowest BCUT2D eigenvalue weighted by Crippen LogP contribution is -2.26. The van der Waals surface area contributed by atoms with E-state index in [-0.39, 0.29) is 17.7 Å². The van der Waals surface area contributed by atoms with Gasteiger partial charge >= 0.3 is 0 Å². The van der Waals surface area contributed by atoms with Crippen molar-refractivity contribution in [2.45, 2.75) is 28.5 Å². The topological polar surface area (TPSA) is 63.2 Å². The Bertz CT molecular complexity index is 1060. The summed E-state index contributed by atoms with van der Waals surface area (Å²) >= 11 is 1.67. The molecule has 3 rings (SSSR count). The van der Waals surface area contributed by atoms with Gasteiger partial charge in [0.15, 0.2) is 9.84 Å². The molecule has 3 aromatic rings. The van der Waals surface area contributed by atoms with E-state index in [2.05, 4.69) is 5.32 Å². The lowest BCUT2D eigenvalue weighted by atomic mass is 10.1. The molecule has 1 N–H and O–H groups in total. The van der Waals surface area contributed by atoms with E-state index in [1.54, 1.807) is 66.4 Å². The molecule has 0 aliphatic heterocycles. The fourth-order valence-electron chi connectivity index (χ4n) is 2.94. The predicted octanol–water partition coefficient (Wildman–Crippen LogP) is 4.87. The molecule has 0 fully saturated rings. The molecule has 0 bridgehead atoms. The first-order valence-corrected chi connectivity index (χ1v) is 12.1. The molecule has 0 saturated carbocycles. The first kappa shape index (κ1) is 21.1. The molecular weight excluding hydrogens is 402 g/mol. The van der Waals surface area contributed by atoms with Gasteiger partial charge in [-0.3, -0.25) is 4.79 Å². The smallest absolute Gasteiger partial charge is 0.251 e. The van der Waals surface area contributed by atoms with Crippen molar-refractivity contribution in [1.82, 2.24) is 5.32 Å². The van der Waals surface area contributed by atoms with Crippen molar-refractivity contribution in [3.63, 3.8) is 0 Å². The molecule has 1 atom stereocenters. The van der Waals surface area contributed by atoms with Crippen LogP contribution in [0.4, 0.5) is 0 Å². The second-order valence-corrected chi connectivity index (χ2v) is 9.61. The van der Waals surface area contributed by atoms with Crippen molar-refractivity contribution >= 4 is 27.5 Å². The number of nitrogens with one attached hydrogen (secondary N) is 1. The average Bonchev–Trinajstić information content (AvgIpc) is 2.74. The van der Waals surface area contributed by atoms with Crippen LogP contribution in [0.25, 0.3) is 0 Å². The maximum atomic E-state index is 12.5. The summed E-state index contributed by atoms with van der Waals surface area (Å²) in [7, 11) is -3.41. The van der Waals surface area contributed by atoms with Gasteiger partial charge in [-0.25, -0.2) is 8.42 Å². The maximum Gasteiger partial charge on any atom is 0.251 e. The van der Waals surface area contributed by atoms with Gasteiger partial charge in [-0.2, -0.15) is 0 Å². The second kappa shape index (κ2) is 9.29. The molecule has 150 valence electrons. The molecule has 0 unspecified atom stereocenters. The van der Waals surface area contributed by atoms with E-state index in [1.165, 1.54) is 4.90 Å². The number of hydrogen-bond acceptors (Lipinski definition) is 4. The number of sulfone groups is 1. The summed E-state index contributed by atoms with van der Waals surface area (Å²) < 4.78 is 25.0. The number of rotatable bonds is 7. The van der Waals surface area contributed by atoms with Gasteiger partial charge < -0.3 is 5.32 Å². The molecule has 0 aromatic heterocycles. The van der Waals surface area contributed by atoms with Crippen LogP contribution in [-0.4, -0.2) is 20.6 Å². The quantitative estimate of drug-likeness (QED) is 0.549. The molecule has 1 amide bonds. The van der Waals surface area contributed by atoms with Crippen LogP contribution in [0.15, 0.2) is 88.7 Å². The lowest BCUT2D eigenvalue weighted by Gasteiger charge is -2.15. The zero-order valence-corrected chi connectivity index (χ0v) is 18.0. The van der Waals surface area contributed by atoms with E-state index in [9.17, 15) is 13.2 Å². The Hall–Kier alpha value is -2.57. The van der Waals surface area contributed by atoms with Gasteiger partial charge in [0.05, 0.1) is 16.7 Å². The van der Waals surface area contributed by atoms with Crippen LogP contribution in [0, 0.1) is 0 Å². The highest BCUT2D eigenvalue weighted by Gasteiger charge is 2.16. The Balaban J connectivity index is 1.65. The number of thioether (sulfide) groups is 1. The van der Waals surface area contributed by atoms with Crippen LogP contribution in [0.3, 0.4) is 0 Å². The Morgan fingerprint density at radius 2 is 1.55 bits per heavy atom. The zero-order valence-electron chi connectivity index (χ0n) is 16.3. The first-order valence-electron chi connectivity index (χ1n) is 9.20. The predicted molar refractivity (Wildman–Crippen MR) is 118 cm³/mol. The van der Waals surface area contributed by atoms with E-state index in [0.29, 0.717) is 16.0 Å².